The molecule has 82 valence electrons. The molecule has 0 aliphatic rings. The SMILES string of the molecule is Cc1cccc(NCC(C)C(N)=NO)c1. The number of aryl methyl sites for hydroxylation is 1. The Hall–Kier alpha value is -1.71. The normalized spacial score (nSPS) is 13.6. The van der Waals surface area contributed by atoms with E-state index >= 15 is 0 Å². The second kappa shape index (κ2) is 5.24. The Morgan fingerprint density at radius 3 is 2.93 bits per heavy atom. The van der Waals surface area contributed by atoms with E-state index in [2.05, 4.69) is 16.5 Å². The summed E-state index contributed by atoms with van der Waals surface area (Å²) in [5, 5.41) is 14.7. The van der Waals surface area contributed by atoms with Crippen LogP contribution in [-0.2, 0) is 0 Å². The monoisotopic (exact) mass is 207 g/mol. The Bertz CT molecular complexity index is 349. The third-order valence-corrected chi connectivity index (χ3v) is 2.25. The Labute approximate surface area is 89.8 Å². The fourth-order valence-electron chi connectivity index (χ4n) is 1.23. The minimum atomic E-state index is 0.00973. The number of nitrogens with one attached hydrogen (secondary N) is 1. The summed E-state index contributed by atoms with van der Waals surface area (Å²) >= 11 is 0. The number of rotatable bonds is 4. The van der Waals surface area contributed by atoms with Crippen LogP contribution < -0.4 is 11.1 Å². The van der Waals surface area contributed by atoms with Crippen molar-refractivity contribution in [2.75, 3.05) is 11.9 Å². The first-order chi connectivity index (χ1) is 7.13. The molecule has 4 heteroatoms. The van der Waals surface area contributed by atoms with Gasteiger partial charge in [-0.3, -0.25) is 0 Å². The van der Waals surface area contributed by atoms with E-state index in [1.54, 1.807) is 0 Å². The largest absolute Gasteiger partial charge is 0.409 e. The predicted molar refractivity (Wildman–Crippen MR) is 62.2 cm³/mol. The Morgan fingerprint density at radius 2 is 2.33 bits per heavy atom. The molecule has 0 heterocycles. The molecule has 15 heavy (non-hydrogen) atoms. The topological polar surface area (TPSA) is 70.6 Å². The van der Waals surface area contributed by atoms with E-state index in [1.807, 2.05) is 32.0 Å². The van der Waals surface area contributed by atoms with Crippen LogP contribution in [0.3, 0.4) is 0 Å². The maximum absolute atomic E-state index is 8.48. The highest BCUT2D eigenvalue weighted by molar-refractivity contribution is 5.82. The molecule has 1 rings (SSSR count). The molecule has 0 aliphatic carbocycles. The minimum Gasteiger partial charge on any atom is -0.409 e. The van der Waals surface area contributed by atoms with Gasteiger partial charge in [0, 0.05) is 18.2 Å². The van der Waals surface area contributed by atoms with Gasteiger partial charge in [-0.1, -0.05) is 24.2 Å². The summed E-state index contributed by atoms with van der Waals surface area (Å²) < 4.78 is 0. The molecule has 4 nitrogen and oxygen atoms in total. The molecule has 0 spiro atoms. The minimum absolute atomic E-state index is 0.00973. The average molecular weight is 207 g/mol. The standard InChI is InChI=1S/C11H17N3O/c1-8-4-3-5-10(6-8)13-7-9(2)11(12)14-15/h3-6,9,13,15H,7H2,1-2H3,(H2,12,14). The first kappa shape index (κ1) is 11.4. The molecule has 4 N–H and O–H groups in total. The van der Waals surface area contributed by atoms with Crippen molar-refractivity contribution in [2.24, 2.45) is 16.8 Å². The molecule has 0 saturated carbocycles. The zero-order chi connectivity index (χ0) is 11.3. The van der Waals surface area contributed by atoms with E-state index in [1.165, 1.54) is 5.56 Å². The summed E-state index contributed by atoms with van der Waals surface area (Å²) in [5.41, 5.74) is 7.72. The van der Waals surface area contributed by atoms with Crippen LogP contribution in [0.5, 0.6) is 0 Å². The van der Waals surface area contributed by atoms with Crippen molar-refractivity contribution < 1.29 is 5.21 Å². The maximum Gasteiger partial charge on any atom is 0.143 e. The van der Waals surface area contributed by atoms with Gasteiger partial charge in [0.05, 0.1) is 0 Å². The fourth-order valence-corrected chi connectivity index (χ4v) is 1.23. The molecular formula is C11H17N3O. The second-order valence-corrected chi connectivity index (χ2v) is 3.68. The van der Waals surface area contributed by atoms with Gasteiger partial charge >= 0.3 is 0 Å². The number of benzene rings is 1. The second-order valence-electron chi connectivity index (χ2n) is 3.68. The van der Waals surface area contributed by atoms with Crippen LogP contribution in [-0.4, -0.2) is 17.6 Å². The van der Waals surface area contributed by atoms with Crippen LogP contribution in [0.4, 0.5) is 5.69 Å². The molecular weight excluding hydrogens is 190 g/mol. The third kappa shape index (κ3) is 3.50. The van der Waals surface area contributed by atoms with Crippen molar-refractivity contribution >= 4 is 11.5 Å². The average Bonchev–Trinajstić information content (AvgIpc) is 2.25. The van der Waals surface area contributed by atoms with Crippen LogP contribution in [0.1, 0.15) is 12.5 Å². The molecule has 1 unspecified atom stereocenters. The van der Waals surface area contributed by atoms with Crippen LogP contribution in [0.15, 0.2) is 29.4 Å². The van der Waals surface area contributed by atoms with Gasteiger partial charge in [-0.05, 0) is 24.6 Å². The van der Waals surface area contributed by atoms with E-state index in [4.69, 9.17) is 10.9 Å². The van der Waals surface area contributed by atoms with Crippen LogP contribution in [0.25, 0.3) is 0 Å². The molecule has 0 radical (unpaired) electrons. The molecule has 1 aromatic carbocycles. The Kier molecular flexibility index (Phi) is 3.97. The fraction of sp³-hybridized carbons (Fsp3) is 0.364. The van der Waals surface area contributed by atoms with Crippen molar-refractivity contribution in [1.82, 2.24) is 0 Å². The van der Waals surface area contributed by atoms with Crippen molar-refractivity contribution in [3.63, 3.8) is 0 Å². The molecule has 0 aliphatic heterocycles. The first-order valence-corrected chi connectivity index (χ1v) is 4.91. The smallest absolute Gasteiger partial charge is 0.143 e. The molecule has 0 amide bonds. The Balaban J connectivity index is 2.50. The van der Waals surface area contributed by atoms with Gasteiger partial charge in [0.2, 0.25) is 0 Å². The van der Waals surface area contributed by atoms with Gasteiger partial charge in [0.1, 0.15) is 5.84 Å². The predicted octanol–water partition coefficient (Wildman–Crippen LogP) is 1.79. The molecule has 0 fully saturated rings. The van der Waals surface area contributed by atoms with Gasteiger partial charge in [-0.25, -0.2) is 0 Å². The van der Waals surface area contributed by atoms with Crippen LogP contribution in [0, 0.1) is 12.8 Å². The highest BCUT2D eigenvalue weighted by Gasteiger charge is 2.06. The van der Waals surface area contributed by atoms with Gasteiger partial charge in [-0.15, -0.1) is 0 Å². The highest BCUT2D eigenvalue weighted by atomic mass is 16.4. The number of oxime groups is 1. The van der Waals surface area contributed by atoms with E-state index in [9.17, 15) is 0 Å². The van der Waals surface area contributed by atoms with Crippen molar-refractivity contribution in [3.8, 4) is 0 Å². The number of nitrogens with two attached hydrogens (primary N) is 1. The zero-order valence-corrected chi connectivity index (χ0v) is 9.07. The molecule has 0 aromatic heterocycles. The molecule has 0 bridgehead atoms. The zero-order valence-electron chi connectivity index (χ0n) is 9.07. The van der Waals surface area contributed by atoms with Gasteiger partial charge < -0.3 is 16.3 Å². The van der Waals surface area contributed by atoms with Crippen LogP contribution >= 0.6 is 0 Å². The number of nitrogens with zero attached hydrogens (tertiary/aromatic N) is 1. The van der Waals surface area contributed by atoms with Gasteiger partial charge in [0.25, 0.3) is 0 Å². The lowest BCUT2D eigenvalue weighted by Crippen LogP contribution is -2.27. The Morgan fingerprint density at radius 1 is 1.60 bits per heavy atom. The van der Waals surface area contributed by atoms with E-state index in [0.29, 0.717) is 6.54 Å². The van der Waals surface area contributed by atoms with E-state index < -0.39 is 0 Å². The van der Waals surface area contributed by atoms with Crippen LogP contribution in [0.2, 0.25) is 0 Å². The van der Waals surface area contributed by atoms with Crippen molar-refractivity contribution in [3.05, 3.63) is 29.8 Å². The summed E-state index contributed by atoms with van der Waals surface area (Å²) in [6.07, 6.45) is 0. The third-order valence-electron chi connectivity index (χ3n) is 2.25. The molecule has 1 atom stereocenters. The van der Waals surface area contributed by atoms with E-state index in [0.717, 1.165) is 5.69 Å². The molecule has 1 aromatic rings. The molecule has 0 saturated heterocycles. The maximum atomic E-state index is 8.48. The number of amidine groups is 1. The van der Waals surface area contributed by atoms with Crippen molar-refractivity contribution in [2.45, 2.75) is 13.8 Å². The summed E-state index contributed by atoms with van der Waals surface area (Å²) in [5.74, 6) is 0.255. The number of hydrogen-bond acceptors (Lipinski definition) is 3. The van der Waals surface area contributed by atoms with Gasteiger partial charge in [-0.2, -0.15) is 0 Å². The lowest BCUT2D eigenvalue weighted by atomic mass is 10.1. The summed E-state index contributed by atoms with van der Waals surface area (Å²) in [7, 11) is 0. The van der Waals surface area contributed by atoms with Crippen molar-refractivity contribution in [1.29, 1.82) is 0 Å². The quantitative estimate of drug-likeness (QED) is 0.305. The lowest BCUT2D eigenvalue weighted by Gasteiger charge is -2.12. The van der Waals surface area contributed by atoms with Gasteiger partial charge in [0.15, 0.2) is 0 Å². The highest BCUT2D eigenvalue weighted by Crippen LogP contribution is 2.10. The summed E-state index contributed by atoms with van der Waals surface area (Å²) in [4.78, 5) is 0. The first-order valence-electron chi connectivity index (χ1n) is 4.91. The summed E-state index contributed by atoms with van der Waals surface area (Å²) in [6, 6.07) is 8.08. The number of hydrogen-bond donors (Lipinski definition) is 3. The lowest BCUT2D eigenvalue weighted by molar-refractivity contribution is 0.315. The number of anilines is 1. The summed E-state index contributed by atoms with van der Waals surface area (Å²) in [6.45, 7) is 4.59. The van der Waals surface area contributed by atoms with E-state index in [-0.39, 0.29) is 11.8 Å².